The average Bonchev–Trinajstić information content (AvgIpc) is 3.23. The average molecular weight is 461 g/mol. The van der Waals surface area contributed by atoms with Gasteiger partial charge in [0.15, 0.2) is 11.6 Å². The Hall–Kier alpha value is -2.97. The van der Waals surface area contributed by atoms with Crippen LogP contribution in [0.3, 0.4) is 0 Å². The molecule has 1 aromatic heterocycles. The summed E-state index contributed by atoms with van der Waals surface area (Å²) in [6.45, 7) is 2.58. The van der Waals surface area contributed by atoms with Gasteiger partial charge in [0.1, 0.15) is 19.0 Å². The normalized spacial score (nSPS) is 12.7. The quantitative estimate of drug-likeness (QED) is 0.506. The van der Waals surface area contributed by atoms with Gasteiger partial charge in [-0.1, -0.05) is 35.9 Å². The number of anilines is 1. The van der Waals surface area contributed by atoms with Crippen molar-refractivity contribution in [1.29, 1.82) is 0 Å². The van der Waals surface area contributed by atoms with Gasteiger partial charge in [-0.3, -0.25) is 4.72 Å². The molecule has 0 saturated carbocycles. The maximum absolute atomic E-state index is 13.0. The summed E-state index contributed by atoms with van der Waals surface area (Å²) in [6.07, 6.45) is 2.28. The first kappa shape index (κ1) is 21.3. The molecule has 2 aromatic carbocycles. The van der Waals surface area contributed by atoms with Crippen molar-refractivity contribution in [2.75, 3.05) is 24.5 Å². The smallest absolute Gasteiger partial charge is 0.263 e. The Morgan fingerprint density at radius 3 is 2.68 bits per heavy atom. The van der Waals surface area contributed by atoms with Gasteiger partial charge in [-0.25, -0.2) is 13.4 Å². The van der Waals surface area contributed by atoms with Crippen LogP contribution in [0.25, 0.3) is 0 Å². The van der Waals surface area contributed by atoms with Gasteiger partial charge in [-0.15, -0.1) is 0 Å². The van der Waals surface area contributed by atoms with Crippen molar-refractivity contribution >= 4 is 27.4 Å². The predicted octanol–water partition coefficient (Wildman–Crippen LogP) is 4.24. The number of hydrogen-bond acceptors (Lipinski definition) is 6. The van der Waals surface area contributed by atoms with E-state index in [0.717, 1.165) is 11.3 Å². The lowest BCUT2D eigenvalue weighted by molar-refractivity contribution is 0.210. The Balaban J connectivity index is 1.56. The standard InChI is InChI=1S/C22H21ClN2O5S/c1-15-18(23)8-5-9-19(15)31(26,27)25-22-21(20-16(14-24-22)10-11-29-20)30-13-12-28-17-6-3-2-4-7-17/h2-9,14H,10-13H2,1H3,(H,24,25). The van der Waals surface area contributed by atoms with E-state index in [1.807, 2.05) is 30.3 Å². The molecule has 162 valence electrons. The van der Waals surface area contributed by atoms with Gasteiger partial charge >= 0.3 is 0 Å². The van der Waals surface area contributed by atoms with Crippen LogP contribution in [0.2, 0.25) is 5.02 Å². The number of ether oxygens (including phenoxy) is 3. The number of nitrogens with zero attached hydrogens (tertiary/aromatic N) is 1. The van der Waals surface area contributed by atoms with Crippen molar-refractivity contribution in [1.82, 2.24) is 4.98 Å². The second kappa shape index (κ2) is 9.03. The fourth-order valence-electron chi connectivity index (χ4n) is 3.20. The number of sulfonamides is 1. The highest BCUT2D eigenvalue weighted by atomic mass is 35.5. The van der Waals surface area contributed by atoms with Crippen LogP contribution in [0.15, 0.2) is 59.6 Å². The first-order chi connectivity index (χ1) is 15.0. The van der Waals surface area contributed by atoms with Crippen LogP contribution in [0.4, 0.5) is 5.82 Å². The molecule has 0 bridgehead atoms. The maximum Gasteiger partial charge on any atom is 0.263 e. The van der Waals surface area contributed by atoms with E-state index in [1.54, 1.807) is 25.3 Å². The third-order valence-corrected chi connectivity index (χ3v) is 6.65. The van der Waals surface area contributed by atoms with Crippen LogP contribution in [0.1, 0.15) is 11.1 Å². The van der Waals surface area contributed by atoms with Crippen LogP contribution >= 0.6 is 11.6 Å². The molecule has 7 nitrogen and oxygen atoms in total. The first-order valence-corrected chi connectivity index (χ1v) is 11.5. The lowest BCUT2D eigenvalue weighted by atomic mass is 10.2. The Bertz CT molecular complexity index is 1190. The molecule has 0 unspecified atom stereocenters. The molecule has 0 spiro atoms. The summed E-state index contributed by atoms with van der Waals surface area (Å²) in [7, 11) is -3.94. The van der Waals surface area contributed by atoms with Gasteiger partial charge < -0.3 is 14.2 Å². The fourth-order valence-corrected chi connectivity index (χ4v) is 4.71. The third-order valence-electron chi connectivity index (χ3n) is 4.76. The van der Waals surface area contributed by atoms with Gasteiger partial charge in [0.2, 0.25) is 5.75 Å². The van der Waals surface area contributed by atoms with E-state index in [1.165, 1.54) is 6.07 Å². The molecule has 0 saturated heterocycles. The van der Waals surface area contributed by atoms with Gasteiger partial charge in [0.25, 0.3) is 10.0 Å². The van der Waals surface area contributed by atoms with Gasteiger partial charge in [0.05, 0.1) is 11.5 Å². The van der Waals surface area contributed by atoms with Crippen LogP contribution in [-0.4, -0.2) is 33.2 Å². The Labute approximate surface area is 186 Å². The molecule has 2 heterocycles. The number of nitrogens with one attached hydrogen (secondary N) is 1. The molecule has 0 fully saturated rings. The number of para-hydroxylation sites is 1. The van der Waals surface area contributed by atoms with Crippen molar-refractivity contribution in [2.24, 2.45) is 0 Å². The molecule has 1 aliphatic rings. The molecule has 4 rings (SSSR count). The second-order valence-electron chi connectivity index (χ2n) is 6.87. The number of benzene rings is 2. The van der Waals surface area contributed by atoms with Crippen molar-refractivity contribution < 1.29 is 22.6 Å². The molecule has 0 aliphatic carbocycles. The predicted molar refractivity (Wildman–Crippen MR) is 118 cm³/mol. The van der Waals surface area contributed by atoms with Crippen molar-refractivity contribution in [3.63, 3.8) is 0 Å². The molecule has 0 amide bonds. The van der Waals surface area contributed by atoms with E-state index in [-0.39, 0.29) is 29.7 Å². The largest absolute Gasteiger partial charge is 0.490 e. The maximum atomic E-state index is 13.0. The minimum atomic E-state index is -3.94. The van der Waals surface area contributed by atoms with E-state index in [9.17, 15) is 8.42 Å². The van der Waals surface area contributed by atoms with Gasteiger partial charge in [-0.2, -0.15) is 0 Å². The summed E-state index contributed by atoms with van der Waals surface area (Å²) < 4.78 is 45.7. The summed E-state index contributed by atoms with van der Waals surface area (Å²) >= 11 is 6.10. The summed E-state index contributed by atoms with van der Waals surface area (Å²) in [4.78, 5) is 4.35. The zero-order valence-corrected chi connectivity index (χ0v) is 18.4. The Morgan fingerprint density at radius 2 is 1.87 bits per heavy atom. The van der Waals surface area contributed by atoms with Gasteiger partial charge in [0, 0.05) is 23.2 Å². The molecular formula is C22H21ClN2O5S. The molecule has 1 N–H and O–H groups in total. The molecule has 0 radical (unpaired) electrons. The topological polar surface area (TPSA) is 86.8 Å². The Kier molecular flexibility index (Phi) is 6.20. The molecule has 3 aromatic rings. The van der Waals surface area contributed by atoms with E-state index < -0.39 is 10.0 Å². The number of fused-ring (bicyclic) bond motifs is 1. The number of hydrogen-bond donors (Lipinski definition) is 1. The highest BCUT2D eigenvalue weighted by Crippen LogP contribution is 2.41. The SMILES string of the molecule is Cc1c(Cl)cccc1S(=O)(=O)Nc1ncc2c(c1OCCOc1ccccc1)OCC2. The molecule has 0 atom stereocenters. The first-order valence-electron chi connectivity index (χ1n) is 9.69. The Morgan fingerprint density at radius 1 is 1.10 bits per heavy atom. The number of pyridine rings is 1. The van der Waals surface area contributed by atoms with E-state index >= 15 is 0 Å². The molecule has 1 aliphatic heterocycles. The van der Waals surface area contributed by atoms with E-state index in [2.05, 4.69) is 9.71 Å². The minimum absolute atomic E-state index is 0.0553. The number of rotatable bonds is 8. The molecular weight excluding hydrogens is 440 g/mol. The molecule has 9 heteroatoms. The highest BCUT2D eigenvalue weighted by molar-refractivity contribution is 7.92. The van der Waals surface area contributed by atoms with Crippen molar-refractivity contribution in [2.45, 2.75) is 18.2 Å². The summed E-state index contributed by atoms with van der Waals surface area (Å²) in [6, 6.07) is 14.1. The summed E-state index contributed by atoms with van der Waals surface area (Å²) in [5.74, 6) is 1.51. The monoisotopic (exact) mass is 460 g/mol. The number of aromatic nitrogens is 1. The van der Waals surface area contributed by atoms with Crippen LogP contribution in [0.5, 0.6) is 17.2 Å². The zero-order valence-electron chi connectivity index (χ0n) is 16.8. The third kappa shape index (κ3) is 4.70. The van der Waals surface area contributed by atoms with E-state index in [0.29, 0.717) is 29.4 Å². The van der Waals surface area contributed by atoms with E-state index in [4.69, 9.17) is 25.8 Å². The lowest BCUT2D eigenvalue weighted by Crippen LogP contribution is -2.17. The highest BCUT2D eigenvalue weighted by Gasteiger charge is 2.26. The van der Waals surface area contributed by atoms with Crippen LogP contribution in [0, 0.1) is 6.92 Å². The summed E-state index contributed by atoms with van der Waals surface area (Å²) in [5.41, 5.74) is 1.31. The lowest BCUT2D eigenvalue weighted by Gasteiger charge is -2.16. The molecule has 31 heavy (non-hydrogen) atoms. The van der Waals surface area contributed by atoms with Crippen molar-refractivity contribution in [3.8, 4) is 17.2 Å². The van der Waals surface area contributed by atoms with Crippen LogP contribution in [-0.2, 0) is 16.4 Å². The number of halogens is 1. The summed E-state index contributed by atoms with van der Waals surface area (Å²) in [5, 5.41) is 0.364. The van der Waals surface area contributed by atoms with Crippen molar-refractivity contribution in [3.05, 3.63) is 70.9 Å². The van der Waals surface area contributed by atoms with Crippen LogP contribution < -0.4 is 18.9 Å². The zero-order chi connectivity index (χ0) is 21.8. The van der Waals surface area contributed by atoms with Gasteiger partial charge in [-0.05, 0) is 36.8 Å². The fraction of sp³-hybridized carbons (Fsp3) is 0.227. The second-order valence-corrected chi connectivity index (χ2v) is 8.93. The minimum Gasteiger partial charge on any atom is -0.490 e.